The summed E-state index contributed by atoms with van der Waals surface area (Å²) in [5, 5.41) is 31.2. The highest BCUT2D eigenvalue weighted by Crippen LogP contribution is 2.55. The van der Waals surface area contributed by atoms with Crippen LogP contribution in [-0.4, -0.2) is 46.7 Å². The summed E-state index contributed by atoms with van der Waals surface area (Å²) in [6.07, 6.45) is -0.484. The molecular weight excluding hydrogens is 272 g/mol. The van der Waals surface area contributed by atoms with E-state index in [1.165, 1.54) is 7.11 Å². The van der Waals surface area contributed by atoms with Gasteiger partial charge in [-0.1, -0.05) is 20.4 Å². The van der Waals surface area contributed by atoms with Crippen LogP contribution >= 0.6 is 0 Å². The van der Waals surface area contributed by atoms with Crippen LogP contribution in [-0.2, 0) is 9.53 Å². The number of rotatable bonds is 2. The molecule has 0 amide bonds. The predicted molar refractivity (Wildman–Crippen MR) is 77.3 cm³/mol. The second-order valence-electron chi connectivity index (χ2n) is 6.86. The average molecular weight is 298 g/mol. The van der Waals surface area contributed by atoms with Crippen molar-refractivity contribution in [3.63, 3.8) is 0 Å². The van der Waals surface area contributed by atoms with Crippen molar-refractivity contribution in [1.82, 2.24) is 0 Å². The van der Waals surface area contributed by atoms with E-state index in [1.54, 1.807) is 0 Å². The summed E-state index contributed by atoms with van der Waals surface area (Å²) < 4.78 is 4.70. The van der Waals surface area contributed by atoms with E-state index < -0.39 is 29.7 Å². The average Bonchev–Trinajstić information content (AvgIpc) is 2.44. The Bertz CT molecular complexity index is 434. The van der Waals surface area contributed by atoms with Crippen LogP contribution in [0.2, 0.25) is 0 Å². The molecule has 0 aliphatic heterocycles. The van der Waals surface area contributed by atoms with Crippen LogP contribution in [0.15, 0.2) is 12.2 Å². The largest absolute Gasteiger partial charge is 0.466 e. The van der Waals surface area contributed by atoms with Gasteiger partial charge in [0.25, 0.3) is 0 Å². The Labute approximate surface area is 125 Å². The molecule has 120 valence electrons. The van der Waals surface area contributed by atoms with E-state index in [9.17, 15) is 20.1 Å². The highest BCUT2D eigenvalue weighted by molar-refractivity contribution is 5.88. The van der Waals surface area contributed by atoms with Crippen LogP contribution in [0.25, 0.3) is 0 Å². The first-order chi connectivity index (χ1) is 9.74. The second kappa shape index (κ2) is 5.71. The Morgan fingerprint density at radius 3 is 2.52 bits per heavy atom. The van der Waals surface area contributed by atoms with Gasteiger partial charge in [-0.25, -0.2) is 4.79 Å². The zero-order chi connectivity index (χ0) is 15.9. The van der Waals surface area contributed by atoms with Gasteiger partial charge in [0, 0.05) is 17.9 Å². The molecule has 2 aliphatic carbocycles. The molecule has 0 saturated heterocycles. The maximum absolute atomic E-state index is 11.7. The molecule has 2 saturated carbocycles. The number of carbonyl (C=O) groups is 1. The number of carbonyl (C=O) groups excluding carboxylic acids is 1. The molecule has 2 aliphatic rings. The van der Waals surface area contributed by atoms with E-state index >= 15 is 0 Å². The fourth-order valence-electron chi connectivity index (χ4n) is 4.36. The van der Waals surface area contributed by atoms with E-state index in [4.69, 9.17) is 4.74 Å². The molecule has 7 atom stereocenters. The van der Waals surface area contributed by atoms with Gasteiger partial charge >= 0.3 is 5.97 Å². The highest BCUT2D eigenvalue weighted by atomic mass is 16.5. The number of hydrogen-bond acceptors (Lipinski definition) is 5. The monoisotopic (exact) mass is 298 g/mol. The van der Waals surface area contributed by atoms with Gasteiger partial charge in [0.15, 0.2) is 0 Å². The van der Waals surface area contributed by atoms with Crippen LogP contribution < -0.4 is 0 Å². The first kappa shape index (κ1) is 16.5. The summed E-state index contributed by atoms with van der Waals surface area (Å²) in [6.45, 7) is 7.62. The molecule has 0 aromatic heterocycles. The first-order valence-corrected chi connectivity index (χ1v) is 7.55. The van der Waals surface area contributed by atoms with Crippen molar-refractivity contribution in [1.29, 1.82) is 0 Å². The molecule has 5 heteroatoms. The number of esters is 1. The smallest absolute Gasteiger partial charge is 0.333 e. The lowest BCUT2D eigenvalue weighted by Crippen LogP contribution is -2.59. The van der Waals surface area contributed by atoms with Crippen LogP contribution in [0.1, 0.15) is 33.1 Å². The van der Waals surface area contributed by atoms with Gasteiger partial charge in [0.05, 0.1) is 25.4 Å². The Morgan fingerprint density at radius 2 is 1.95 bits per heavy atom. The maximum Gasteiger partial charge on any atom is 0.333 e. The molecule has 2 rings (SSSR count). The van der Waals surface area contributed by atoms with Crippen LogP contribution in [0, 0.1) is 23.2 Å². The van der Waals surface area contributed by atoms with Crippen molar-refractivity contribution in [2.45, 2.75) is 51.4 Å². The van der Waals surface area contributed by atoms with E-state index in [2.05, 4.69) is 6.58 Å². The minimum Gasteiger partial charge on any atom is -0.466 e. The van der Waals surface area contributed by atoms with Crippen molar-refractivity contribution in [2.24, 2.45) is 23.2 Å². The van der Waals surface area contributed by atoms with Gasteiger partial charge in [0.2, 0.25) is 0 Å². The molecule has 0 heterocycles. The lowest BCUT2D eigenvalue weighted by Gasteiger charge is -2.56. The molecular formula is C16H26O5. The van der Waals surface area contributed by atoms with Gasteiger partial charge in [-0.05, 0) is 30.1 Å². The standard InChI is InChI=1S/C16H26O5/c1-8(15(20)21-4)10-5-6-16(3)12(18)7-11(17)9(2)13(16)14(10)19/h9-14,17-19H,1,5-7H2,2-4H3. The van der Waals surface area contributed by atoms with Crippen LogP contribution in [0.5, 0.6) is 0 Å². The van der Waals surface area contributed by atoms with Gasteiger partial charge in [-0.3, -0.25) is 0 Å². The van der Waals surface area contributed by atoms with E-state index in [0.717, 1.165) is 0 Å². The zero-order valence-electron chi connectivity index (χ0n) is 13.0. The molecule has 7 unspecified atom stereocenters. The highest BCUT2D eigenvalue weighted by Gasteiger charge is 2.56. The normalized spacial score (nSPS) is 46.6. The second-order valence-corrected chi connectivity index (χ2v) is 6.86. The third kappa shape index (κ3) is 2.51. The summed E-state index contributed by atoms with van der Waals surface area (Å²) in [5.74, 6) is -1.29. The van der Waals surface area contributed by atoms with Crippen molar-refractivity contribution >= 4 is 5.97 Å². The molecule has 21 heavy (non-hydrogen) atoms. The molecule has 5 nitrogen and oxygen atoms in total. The van der Waals surface area contributed by atoms with Crippen molar-refractivity contribution < 1.29 is 24.9 Å². The lowest BCUT2D eigenvalue weighted by molar-refractivity contribution is -0.183. The molecule has 0 aromatic rings. The minimum atomic E-state index is -0.810. The first-order valence-electron chi connectivity index (χ1n) is 7.55. The predicted octanol–water partition coefficient (Wildman–Crippen LogP) is 0.871. The van der Waals surface area contributed by atoms with Crippen LogP contribution in [0.4, 0.5) is 0 Å². The van der Waals surface area contributed by atoms with Gasteiger partial charge in [0.1, 0.15) is 0 Å². The molecule has 0 radical (unpaired) electrons. The third-order valence-corrected chi connectivity index (χ3v) is 5.83. The lowest BCUT2D eigenvalue weighted by atomic mass is 9.51. The quantitative estimate of drug-likeness (QED) is 0.520. The topological polar surface area (TPSA) is 87.0 Å². The van der Waals surface area contributed by atoms with Gasteiger partial charge in [-0.15, -0.1) is 0 Å². The number of hydrogen-bond donors (Lipinski definition) is 3. The van der Waals surface area contributed by atoms with E-state index in [0.29, 0.717) is 19.3 Å². The maximum atomic E-state index is 11.7. The summed E-state index contributed by atoms with van der Waals surface area (Å²) >= 11 is 0. The molecule has 0 spiro atoms. The Balaban J connectivity index is 2.29. The molecule has 3 N–H and O–H groups in total. The van der Waals surface area contributed by atoms with E-state index in [1.807, 2.05) is 13.8 Å². The van der Waals surface area contributed by atoms with E-state index in [-0.39, 0.29) is 23.3 Å². The summed E-state index contributed by atoms with van der Waals surface area (Å²) in [6, 6.07) is 0. The van der Waals surface area contributed by atoms with Gasteiger partial charge in [-0.2, -0.15) is 0 Å². The Morgan fingerprint density at radius 1 is 1.33 bits per heavy atom. The zero-order valence-corrected chi connectivity index (χ0v) is 13.0. The number of methoxy groups -OCH3 is 1. The Hall–Kier alpha value is -0.910. The summed E-state index contributed by atoms with van der Waals surface area (Å²) in [5.41, 5.74) is -0.167. The van der Waals surface area contributed by atoms with Gasteiger partial charge < -0.3 is 20.1 Å². The van der Waals surface area contributed by atoms with Crippen LogP contribution in [0.3, 0.4) is 0 Å². The number of aliphatic hydroxyl groups excluding tert-OH is 3. The number of aliphatic hydroxyl groups is 3. The Kier molecular flexibility index (Phi) is 4.47. The summed E-state index contributed by atoms with van der Waals surface area (Å²) in [4.78, 5) is 11.7. The molecule has 2 fully saturated rings. The molecule has 0 bridgehead atoms. The third-order valence-electron chi connectivity index (χ3n) is 5.83. The van der Waals surface area contributed by atoms with Crippen molar-refractivity contribution in [3.05, 3.63) is 12.2 Å². The molecule has 0 aromatic carbocycles. The fourth-order valence-corrected chi connectivity index (χ4v) is 4.36. The van der Waals surface area contributed by atoms with Crippen molar-refractivity contribution in [3.8, 4) is 0 Å². The number of ether oxygens (including phenoxy) is 1. The summed E-state index contributed by atoms with van der Waals surface area (Å²) in [7, 11) is 1.30. The SMILES string of the molecule is C=C(C(=O)OC)C1CCC2(C)C(O)CC(O)C(C)C2C1O. The minimum absolute atomic E-state index is 0.137. The fraction of sp³-hybridized carbons (Fsp3) is 0.812. The number of fused-ring (bicyclic) bond motifs is 1. The van der Waals surface area contributed by atoms with Crippen molar-refractivity contribution in [2.75, 3.05) is 7.11 Å².